The molecule has 4 nitrogen and oxygen atoms in total. The fourth-order valence-electron chi connectivity index (χ4n) is 2.76. The second-order valence-corrected chi connectivity index (χ2v) is 5.72. The summed E-state index contributed by atoms with van der Waals surface area (Å²) in [5.41, 5.74) is 1.03. The van der Waals surface area contributed by atoms with Crippen molar-refractivity contribution in [2.24, 2.45) is 5.92 Å². The molecule has 2 rings (SSSR count). The third-order valence-electron chi connectivity index (χ3n) is 3.97. The molecule has 1 aromatic carbocycles. The zero-order chi connectivity index (χ0) is 15.1. The van der Waals surface area contributed by atoms with Crippen LogP contribution in [0.2, 0.25) is 0 Å². The average molecular weight is 289 g/mol. The second-order valence-electron chi connectivity index (χ2n) is 5.72. The number of esters is 1. The largest absolute Gasteiger partial charge is 0.456 e. The molecule has 1 atom stereocenters. The van der Waals surface area contributed by atoms with Crippen LogP contribution >= 0.6 is 0 Å². The predicted molar refractivity (Wildman–Crippen MR) is 80.5 cm³/mol. The highest BCUT2D eigenvalue weighted by Gasteiger charge is 2.20. The number of benzene rings is 1. The Morgan fingerprint density at radius 2 is 1.90 bits per heavy atom. The Morgan fingerprint density at radius 3 is 2.57 bits per heavy atom. The predicted octanol–water partition coefficient (Wildman–Crippen LogP) is 2.99. The Morgan fingerprint density at radius 1 is 1.24 bits per heavy atom. The van der Waals surface area contributed by atoms with Crippen molar-refractivity contribution < 1.29 is 14.3 Å². The van der Waals surface area contributed by atoms with E-state index in [2.05, 4.69) is 5.32 Å². The molecule has 1 fully saturated rings. The third-order valence-corrected chi connectivity index (χ3v) is 3.97. The van der Waals surface area contributed by atoms with E-state index in [0.717, 1.165) is 18.4 Å². The van der Waals surface area contributed by atoms with Gasteiger partial charge in [0.15, 0.2) is 6.61 Å². The van der Waals surface area contributed by atoms with Gasteiger partial charge in [-0.1, -0.05) is 43.2 Å². The summed E-state index contributed by atoms with van der Waals surface area (Å²) in [5.74, 6) is -0.0701. The first-order valence-electron chi connectivity index (χ1n) is 7.65. The molecule has 0 saturated heterocycles. The van der Waals surface area contributed by atoms with Gasteiger partial charge in [-0.25, -0.2) is 0 Å². The van der Waals surface area contributed by atoms with Crippen LogP contribution in [0, 0.1) is 5.92 Å². The van der Waals surface area contributed by atoms with Crippen LogP contribution in [-0.4, -0.2) is 18.5 Å². The van der Waals surface area contributed by atoms with Crippen molar-refractivity contribution in [3.05, 3.63) is 35.9 Å². The van der Waals surface area contributed by atoms with Crippen LogP contribution < -0.4 is 5.32 Å². The molecule has 0 spiro atoms. The summed E-state index contributed by atoms with van der Waals surface area (Å²) >= 11 is 0. The van der Waals surface area contributed by atoms with Gasteiger partial charge in [-0.05, 0) is 31.2 Å². The summed E-state index contributed by atoms with van der Waals surface area (Å²) < 4.78 is 5.05. The Kier molecular flexibility index (Phi) is 5.78. The first kappa shape index (κ1) is 15.5. The highest BCUT2D eigenvalue weighted by atomic mass is 16.5. The van der Waals surface area contributed by atoms with E-state index < -0.39 is 0 Å². The molecule has 114 valence electrons. The van der Waals surface area contributed by atoms with Crippen LogP contribution in [-0.2, 0) is 14.3 Å². The lowest BCUT2D eigenvalue weighted by molar-refractivity contribution is -0.149. The summed E-state index contributed by atoms with van der Waals surface area (Å²) in [6, 6.07) is 9.61. The van der Waals surface area contributed by atoms with Crippen molar-refractivity contribution in [1.29, 1.82) is 0 Å². The summed E-state index contributed by atoms with van der Waals surface area (Å²) in [4.78, 5) is 23.4. The monoisotopic (exact) mass is 289 g/mol. The number of amides is 1. The molecule has 1 amide bonds. The van der Waals surface area contributed by atoms with Crippen molar-refractivity contribution in [2.75, 3.05) is 6.61 Å². The molecule has 0 bridgehead atoms. The molecule has 1 N–H and O–H groups in total. The average Bonchev–Trinajstić information content (AvgIpc) is 2.99. The van der Waals surface area contributed by atoms with Gasteiger partial charge in [0.05, 0.1) is 6.04 Å². The summed E-state index contributed by atoms with van der Waals surface area (Å²) in [6.45, 7) is 1.72. The number of carbonyl (C=O) groups is 2. The lowest BCUT2D eigenvalue weighted by Crippen LogP contribution is -2.31. The maximum atomic E-state index is 11.8. The van der Waals surface area contributed by atoms with Gasteiger partial charge >= 0.3 is 5.97 Å². The van der Waals surface area contributed by atoms with Gasteiger partial charge in [-0.15, -0.1) is 0 Å². The van der Waals surface area contributed by atoms with E-state index in [9.17, 15) is 9.59 Å². The van der Waals surface area contributed by atoms with Gasteiger partial charge in [0.2, 0.25) is 0 Å². The summed E-state index contributed by atoms with van der Waals surface area (Å²) in [6.07, 6.45) is 5.06. The third kappa shape index (κ3) is 5.21. The van der Waals surface area contributed by atoms with E-state index in [1.807, 2.05) is 37.3 Å². The van der Waals surface area contributed by atoms with Gasteiger partial charge in [0, 0.05) is 6.42 Å². The van der Waals surface area contributed by atoms with Crippen LogP contribution in [0.4, 0.5) is 0 Å². The number of carbonyl (C=O) groups excluding carboxylic acids is 2. The molecule has 1 saturated carbocycles. The molecule has 1 aliphatic rings. The Labute approximate surface area is 125 Å². The molecular weight excluding hydrogens is 266 g/mol. The van der Waals surface area contributed by atoms with E-state index in [0.29, 0.717) is 12.3 Å². The fourth-order valence-corrected chi connectivity index (χ4v) is 2.76. The van der Waals surface area contributed by atoms with Gasteiger partial charge in [-0.2, -0.15) is 0 Å². The van der Waals surface area contributed by atoms with E-state index >= 15 is 0 Å². The number of ether oxygens (including phenoxy) is 1. The van der Waals surface area contributed by atoms with Crippen LogP contribution in [0.5, 0.6) is 0 Å². The fraction of sp³-hybridized carbons (Fsp3) is 0.529. The van der Waals surface area contributed by atoms with E-state index in [4.69, 9.17) is 4.74 Å². The van der Waals surface area contributed by atoms with Crippen molar-refractivity contribution in [1.82, 2.24) is 5.32 Å². The lowest BCUT2D eigenvalue weighted by Gasteiger charge is -2.14. The van der Waals surface area contributed by atoms with Crippen LogP contribution in [0.1, 0.15) is 50.6 Å². The number of hydrogen-bond acceptors (Lipinski definition) is 3. The van der Waals surface area contributed by atoms with Crippen LogP contribution in [0.3, 0.4) is 0 Å². The first-order valence-corrected chi connectivity index (χ1v) is 7.65. The van der Waals surface area contributed by atoms with Gasteiger partial charge in [0.1, 0.15) is 0 Å². The smallest absolute Gasteiger partial charge is 0.306 e. The minimum atomic E-state index is -0.260. The van der Waals surface area contributed by atoms with Gasteiger partial charge in [0.25, 0.3) is 5.91 Å². The van der Waals surface area contributed by atoms with Crippen LogP contribution in [0.15, 0.2) is 30.3 Å². The zero-order valence-corrected chi connectivity index (χ0v) is 12.5. The maximum Gasteiger partial charge on any atom is 0.306 e. The van der Waals surface area contributed by atoms with E-state index in [1.165, 1.54) is 12.8 Å². The van der Waals surface area contributed by atoms with Crippen molar-refractivity contribution in [3.63, 3.8) is 0 Å². The number of rotatable bonds is 6. The van der Waals surface area contributed by atoms with E-state index in [-0.39, 0.29) is 24.5 Å². The topological polar surface area (TPSA) is 55.4 Å². The minimum absolute atomic E-state index is 0.0905. The van der Waals surface area contributed by atoms with Crippen molar-refractivity contribution in [2.45, 2.75) is 45.1 Å². The standard InChI is InChI=1S/C17H23NO3/c1-13(15-9-3-2-4-10-15)18-16(19)12-21-17(20)11-14-7-5-6-8-14/h2-4,9-10,13-14H,5-8,11-12H2,1H3,(H,18,19)/t13-/m0/s1. The molecule has 1 aliphatic carbocycles. The summed E-state index contributed by atoms with van der Waals surface area (Å²) in [5, 5.41) is 2.83. The second kappa shape index (κ2) is 7.81. The highest BCUT2D eigenvalue weighted by molar-refractivity contribution is 5.80. The zero-order valence-electron chi connectivity index (χ0n) is 12.5. The van der Waals surface area contributed by atoms with E-state index in [1.54, 1.807) is 0 Å². The molecular formula is C17H23NO3. The maximum absolute atomic E-state index is 11.8. The highest BCUT2D eigenvalue weighted by Crippen LogP contribution is 2.27. The molecule has 0 heterocycles. The lowest BCUT2D eigenvalue weighted by atomic mass is 10.0. The molecule has 0 radical (unpaired) electrons. The summed E-state index contributed by atoms with van der Waals surface area (Å²) in [7, 11) is 0. The van der Waals surface area contributed by atoms with Crippen molar-refractivity contribution >= 4 is 11.9 Å². The Balaban J connectivity index is 1.68. The molecule has 0 aliphatic heterocycles. The first-order chi connectivity index (χ1) is 10.1. The molecule has 4 heteroatoms. The number of nitrogens with one attached hydrogen (secondary N) is 1. The minimum Gasteiger partial charge on any atom is -0.456 e. The quantitative estimate of drug-likeness (QED) is 0.819. The normalized spacial score (nSPS) is 16.4. The Bertz CT molecular complexity index is 466. The van der Waals surface area contributed by atoms with Gasteiger partial charge in [-0.3, -0.25) is 9.59 Å². The molecule has 21 heavy (non-hydrogen) atoms. The van der Waals surface area contributed by atoms with Crippen molar-refractivity contribution in [3.8, 4) is 0 Å². The molecule has 0 unspecified atom stereocenters. The SMILES string of the molecule is C[C@H](NC(=O)COC(=O)CC1CCCC1)c1ccccc1. The molecule has 0 aromatic heterocycles. The van der Waals surface area contributed by atoms with Gasteiger partial charge < -0.3 is 10.1 Å². The molecule has 1 aromatic rings. The Hall–Kier alpha value is -1.84. The van der Waals surface area contributed by atoms with Crippen LogP contribution in [0.25, 0.3) is 0 Å². The number of hydrogen-bond donors (Lipinski definition) is 1.